The first kappa shape index (κ1) is 14.9. The largest absolute Gasteiger partial charge is 0.325 e. The Kier molecular flexibility index (Phi) is 5.08. The normalized spacial score (nSPS) is 11.1. The van der Waals surface area contributed by atoms with E-state index in [9.17, 15) is 9.59 Å². The Labute approximate surface area is 116 Å². The highest BCUT2D eigenvalue weighted by atomic mass is 79.9. The number of rotatable bonds is 4. The highest BCUT2D eigenvalue weighted by Crippen LogP contribution is 2.29. The van der Waals surface area contributed by atoms with Crippen molar-refractivity contribution in [1.82, 2.24) is 0 Å². The number of benzene rings is 1. The van der Waals surface area contributed by atoms with E-state index in [2.05, 4.69) is 42.0 Å². The van der Waals surface area contributed by atoms with Crippen LogP contribution in [0.25, 0.3) is 0 Å². The molecule has 0 aliphatic carbocycles. The average Bonchev–Trinajstić information content (AvgIpc) is 2.27. The number of hydrogen-bond donors (Lipinski definition) is 1. The molecule has 0 aromatic heterocycles. The molecule has 0 unspecified atom stereocenters. The summed E-state index contributed by atoms with van der Waals surface area (Å²) in [5.41, 5.74) is 1.78. The predicted octanol–water partition coefficient (Wildman–Crippen LogP) is 3.28. The van der Waals surface area contributed by atoms with Crippen molar-refractivity contribution in [2.24, 2.45) is 0 Å². The highest BCUT2D eigenvalue weighted by Gasteiger charge is 2.19. The zero-order valence-corrected chi connectivity index (χ0v) is 12.5. The molecular weight excluding hydrogens is 294 g/mol. The first-order valence-corrected chi connectivity index (χ1v) is 6.93. The van der Waals surface area contributed by atoms with Crippen molar-refractivity contribution in [1.29, 1.82) is 0 Å². The molecule has 0 radical (unpaired) electrons. The Bertz CT molecular complexity index is 449. The lowest BCUT2D eigenvalue weighted by molar-refractivity contribution is -0.123. The van der Waals surface area contributed by atoms with Gasteiger partial charge >= 0.3 is 0 Å². The molecule has 0 bridgehead atoms. The number of amides is 1. The summed E-state index contributed by atoms with van der Waals surface area (Å²) in [7, 11) is 0. The van der Waals surface area contributed by atoms with Gasteiger partial charge in [0.25, 0.3) is 0 Å². The van der Waals surface area contributed by atoms with Crippen molar-refractivity contribution in [3.05, 3.63) is 29.8 Å². The van der Waals surface area contributed by atoms with E-state index >= 15 is 0 Å². The Morgan fingerprint density at radius 3 is 2.39 bits per heavy atom. The van der Waals surface area contributed by atoms with Gasteiger partial charge in [0.2, 0.25) is 5.91 Å². The molecule has 0 fully saturated rings. The Morgan fingerprint density at radius 1 is 1.22 bits per heavy atom. The summed E-state index contributed by atoms with van der Waals surface area (Å²) in [6, 6.07) is 7.66. The summed E-state index contributed by atoms with van der Waals surface area (Å²) in [5, 5.41) is 3.01. The summed E-state index contributed by atoms with van der Waals surface area (Å²) in [4.78, 5) is 22.9. The molecule has 0 aliphatic heterocycles. The molecule has 0 aliphatic rings. The van der Waals surface area contributed by atoms with Crippen LogP contribution < -0.4 is 5.32 Å². The number of hydrogen-bond acceptors (Lipinski definition) is 2. The van der Waals surface area contributed by atoms with Crippen LogP contribution in [0.4, 0.5) is 5.69 Å². The van der Waals surface area contributed by atoms with E-state index in [0.717, 1.165) is 11.3 Å². The van der Waals surface area contributed by atoms with Gasteiger partial charge in [-0.15, -0.1) is 0 Å². The fraction of sp³-hybridized carbons (Fsp3) is 0.429. The molecule has 3 nitrogen and oxygen atoms in total. The lowest BCUT2D eigenvalue weighted by atomic mass is 9.86. The van der Waals surface area contributed by atoms with E-state index in [0.29, 0.717) is 0 Å². The van der Waals surface area contributed by atoms with Crippen molar-refractivity contribution in [2.45, 2.75) is 32.6 Å². The quantitative estimate of drug-likeness (QED) is 0.685. The number of carbonyl (C=O) groups is 2. The SMILES string of the molecule is CC(C)(C)c1ccccc1NC(=O)CC(=O)CBr. The fourth-order valence-electron chi connectivity index (χ4n) is 1.67. The van der Waals surface area contributed by atoms with Crippen LogP contribution in [0.5, 0.6) is 0 Å². The molecule has 0 saturated heterocycles. The maximum Gasteiger partial charge on any atom is 0.231 e. The summed E-state index contributed by atoms with van der Waals surface area (Å²) in [5.74, 6) is -0.392. The van der Waals surface area contributed by atoms with Crippen LogP contribution in [0.1, 0.15) is 32.8 Å². The first-order chi connectivity index (χ1) is 8.34. The number of carbonyl (C=O) groups excluding carboxylic acids is 2. The molecule has 0 atom stereocenters. The van der Waals surface area contributed by atoms with Gasteiger partial charge in [0.1, 0.15) is 0 Å². The van der Waals surface area contributed by atoms with Crippen molar-refractivity contribution >= 4 is 33.3 Å². The summed E-state index contributed by atoms with van der Waals surface area (Å²) >= 11 is 3.05. The molecule has 0 saturated carbocycles. The molecule has 0 heterocycles. The number of Topliss-reactive ketones (excluding diaryl/α,β-unsaturated/α-hetero) is 1. The van der Waals surface area contributed by atoms with Crippen LogP contribution in [0.3, 0.4) is 0 Å². The third kappa shape index (κ3) is 4.26. The molecule has 0 spiro atoms. The zero-order valence-electron chi connectivity index (χ0n) is 10.9. The predicted molar refractivity (Wildman–Crippen MR) is 77.2 cm³/mol. The van der Waals surface area contributed by atoms with Crippen LogP contribution in [-0.2, 0) is 15.0 Å². The number of anilines is 1. The van der Waals surface area contributed by atoms with Crippen LogP contribution in [0.15, 0.2) is 24.3 Å². The molecule has 18 heavy (non-hydrogen) atoms. The summed E-state index contributed by atoms with van der Waals surface area (Å²) in [6.07, 6.45) is -0.0935. The number of ketones is 1. The molecule has 98 valence electrons. The van der Waals surface area contributed by atoms with E-state index in [1.54, 1.807) is 0 Å². The molecule has 1 aromatic rings. The minimum absolute atomic E-state index is 0.0523. The van der Waals surface area contributed by atoms with Gasteiger partial charge in [-0.05, 0) is 17.0 Å². The van der Waals surface area contributed by atoms with Crippen LogP contribution >= 0.6 is 15.9 Å². The van der Waals surface area contributed by atoms with Crippen molar-refractivity contribution < 1.29 is 9.59 Å². The Balaban J connectivity index is 2.85. The second-order valence-electron chi connectivity index (χ2n) is 5.19. The number of halogens is 1. The smallest absolute Gasteiger partial charge is 0.231 e. The van der Waals surface area contributed by atoms with Crippen LogP contribution in [0.2, 0.25) is 0 Å². The Morgan fingerprint density at radius 2 is 1.83 bits per heavy atom. The Hall–Kier alpha value is -1.16. The first-order valence-electron chi connectivity index (χ1n) is 5.81. The molecular formula is C14H18BrNO2. The fourth-order valence-corrected chi connectivity index (χ4v) is 1.87. The monoisotopic (exact) mass is 311 g/mol. The maximum absolute atomic E-state index is 11.7. The van der Waals surface area contributed by atoms with Gasteiger partial charge in [-0.25, -0.2) is 0 Å². The van der Waals surface area contributed by atoms with Crippen molar-refractivity contribution in [2.75, 3.05) is 10.6 Å². The van der Waals surface area contributed by atoms with E-state index in [4.69, 9.17) is 0 Å². The number of nitrogens with one attached hydrogen (secondary N) is 1. The number of alkyl halides is 1. The minimum atomic E-state index is -0.267. The highest BCUT2D eigenvalue weighted by molar-refractivity contribution is 9.09. The van der Waals surface area contributed by atoms with Crippen molar-refractivity contribution in [3.8, 4) is 0 Å². The summed E-state index contributed by atoms with van der Waals surface area (Å²) in [6.45, 7) is 6.25. The summed E-state index contributed by atoms with van der Waals surface area (Å²) < 4.78 is 0. The zero-order chi connectivity index (χ0) is 13.8. The molecule has 1 rings (SSSR count). The molecule has 1 aromatic carbocycles. The lowest BCUT2D eigenvalue weighted by Crippen LogP contribution is -2.20. The van der Waals surface area contributed by atoms with Gasteiger partial charge in [0.05, 0.1) is 11.8 Å². The topological polar surface area (TPSA) is 46.2 Å². The van der Waals surface area contributed by atoms with Gasteiger partial charge in [-0.3, -0.25) is 9.59 Å². The third-order valence-corrected chi connectivity index (χ3v) is 3.14. The van der Waals surface area contributed by atoms with Crippen LogP contribution in [0, 0.1) is 0 Å². The minimum Gasteiger partial charge on any atom is -0.325 e. The number of para-hydroxylation sites is 1. The lowest BCUT2D eigenvalue weighted by Gasteiger charge is -2.22. The second kappa shape index (κ2) is 6.14. The van der Waals surface area contributed by atoms with Crippen LogP contribution in [-0.4, -0.2) is 17.0 Å². The van der Waals surface area contributed by atoms with Crippen molar-refractivity contribution in [3.63, 3.8) is 0 Å². The van der Waals surface area contributed by atoms with E-state index in [1.165, 1.54) is 0 Å². The van der Waals surface area contributed by atoms with Gasteiger partial charge in [0.15, 0.2) is 5.78 Å². The van der Waals surface area contributed by atoms with Gasteiger partial charge in [-0.2, -0.15) is 0 Å². The van der Waals surface area contributed by atoms with Gasteiger partial charge in [0, 0.05) is 5.69 Å². The second-order valence-corrected chi connectivity index (χ2v) is 5.75. The van der Waals surface area contributed by atoms with E-state index in [-0.39, 0.29) is 28.9 Å². The average molecular weight is 312 g/mol. The molecule has 1 N–H and O–H groups in total. The molecule has 1 amide bonds. The van der Waals surface area contributed by atoms with Gasteiger partial charge < -0.3 is 5.32 Å². The standard InChI is InChI=1S/C14H18BrNO2/c1-14(2,3)11-6-4-5-7-12(11)16-13(18)8-10(17)9-15/h4-7H,8-9H2,1-3H3,(H,16,18). The van der Waals surface area contributed by atoms with Gasteiger partial charge in [-0.1, -0.05) is 54.9 Å². The van der Waals surface area contributed by atoms with E-state index < -0.39 is 0 Å². The third-order valence-electron chi connectivity index (χ3n) is 2.52. The molecule has 4 heteroatoms. The maximum atomic E-state index is 11.7. The van der Waals surface area contributed by atoms with E-state index in [1.807, 2.05) is 24.3 Å².